The molecule has 0 aliphatic carbocycles. The Morgan fingerprint density at radius 3 is 2.43 bits per heavy atom. The summed E-state index contributed by atoms with van der Waals surface area (Å²) >= 11 is 0. The van der Waals surface area contributed by atoms with E-state index in [9.17, 15) is 9.59 Å². The van der Waals surface area contributed by atoms with E-state index in [1.54, 1.807) is 45.0 Å². The number of ether oxygens (including phenoxy) is 2. The Balaban J connectivity index is 2.80. The maximum absolute atomic E-state index is 11.9. The summed E-state index contributed by atoms with van der Waals surface area (Å²) in [5, 5.41) is 2.76. The van der Waals surface area contributed by atoms with Gasteiger partial charge in [-0.3, -0.25) is 4.79 Å². The van der Waals surface area contributed by atoms with Crippen molar-refractivity contribution in [3.05, 3.63) is 24.3 Å². The van der Waals surface area contributed by atoms with Crippen LogP contribution in [0.4, 0.5) is 10.5 Å². The number of hydrogen-bond donors (Lipinski definition) is 1. The SMILES string of the molecule is CCC(C)C(=O)Nc1ccccc1OC(=O)OC(C)(C)C. The molecule has 0 heterocycles. The zero-order valence-electron chi connectivity index (χ0n) is 13.2. The predicted octanol–water partition coefficient (Wildman–Crippen LogP) is 3.99. The number of benzene rings is 1. The van der Waals surface area contributed by atoms with Crippen LogP contribution in [0.3, 0.4) is 0 Å². The lowest BCUT2D eigenvalue weighted by atomic mass is 10.1. The quantitative estimate of drug-likeness (QED) is 0.673. The predicted molar refractivity (Wildman–Crippen MR) is 81.4 cm³/mol. The summed E-state index contributed by atoms with van der Waals surface area (Å²) in [4.78, 5) is 23.6. The summed E-state index contributed by atoms with van der Waals surface area (Å²) < 4.78 is 10.3. The molecular formula is C16H23NO4. The Labute approximate surface area is 125 Å². The molecule has 1 aromatic rings. The van der Waals surface area contributed by atoms with Crippen LogP contribution < -0.4 is 10.1 Å². The first-order valence-electron chi connectivity index (χ1n) is 7.03. The van der Waals surface area contributed by atoms with E-state index in [0.717, 1.165) is 6.42 Å². The van der Waals surface area contributed by atoms with E-state index in [1.807, 2.05) is 13.8 Å². The lowest BCUT2D eigenvalue weighted by molar-refractivity contribution is -0.119. The highest BCUT2D eigenvalue weighted by molar-refractivity contribution is 5.94. The van der Waals surface area contributed by atoms with Crippen molar-refractivity contribution in [2.75, 3.05) is 5.32 Å². The highest BCUT2D eigenvalue weighted by Gasteiger charge is 2.20. The van der Waals surface area contributed by atoms with Crippen molar-refractivity contribution >= 4 is 17.7 Å². The van der Waals surface area contributed by atoms with Gasteiger partial charge < -0.3 is 14.8 Å². The molecule has 0 spiro atoms. The van der Waals surface area contributed by atoms with Gasteiger partial charge in [0.1, 0.15) is 5.60 Å². The van der Waals surface area contributed by atoms with E-state index >= 15 is 0 Å². The third-order valence-electron chi connectivity index (χ3n) is 2.79. The first-order chi connectivity index (χ1) is 9.73. The molecule has 1 amide bonds. The van der Waals surface area contributed by atoms with Crippen LogP contribution in [0.1, 0.15) is 41.0 Å². The van der Waals surface area contributed by atoms with Crippen molar-refractivity contribution in [2.24, 2.45) is 5.92 Å². The summed E-state index contributed by atoms with van der Waals surface area (Å²) in [6.45, 7) is 9.04. The van der Waals surface area contributed by atoms with Crippen molar-refractivity contribution in [2.45, 2.75) is 46.6 Å². The van der Waals surface area contributed by atoms with Gasteiger partial charge in [0.2, 0.25) is 5.91 Å². The second-order valence-corrected chi connectivity index (χ2v) is 5.86. The maximum atomic E-state index is 11.9. The molecule has 0 fully saturated rings. The van der Waals surface area contributed by atoms with Gasteiger partial charge >= 0.3 is 6.16 Å². The van der Waals surface area contributed by atoms with E-state index in [1.165, 1.54) is 0 Å². The normalized spacial score (nSPS) is 12.4. The van der Waals surface area contributed by atoms with Crippen molar-refractivity contribution in [1.29, 1.82) is 0 Å². The largest absolute Gasteiger partial charge is 0.514 e. The third kappa shape index (κ3) is 5.85. The third-order valence-corrected chi connectivity index (χ3v) is 2.79. The second-order valence-electron chi connectivity index (χ2n) is 5.86. The van der Waals surface area contributed by atoms with Crippen LogP contribution in [0.2, 0.25) is 0 Å². The molecule has 1 unspecified atom stereocenters. The van der Waals surface area contributed by atoms with Crippen molar-refractivity contribution in [1.82, 2.24) is 0 Å². The van der Waals surface area contributed by atoms with Crippen molar-refractivity contribution in [3.63, 3.8) is 0 Å². The Morgan fingerprint density at radius 2 is 1.86 bits per heavy atom. The average molecular weight is 293 g/mol. The van der Waals surface area contributed by atoms with E-state index in [2.05, 4.69) is 5.32 Å². The molecule has 21 heavy (non-hydrogen) atoms. The molecule has 1 atom stereocenters. The van der Waals surface area contributed by atoms with Crippen LogP contribution in [-0.2, 0) is 9.53 Å². The van der Waals surface area contributed by atoms with Crippen LogP contribution in [-0.4, -0.2) is 17.7 Å². The standard InChI is InChI=1S/C16H23NO4/c1-6-11(2)14(18)17-12-9-7-8-10-13(12)20-15(19)21-16(3,4)5/h7-11H,6H2,1-5H3,(H,17,18). The van der Waals surface area contributed by atoms with E-state index < -0.39 is 11.8 Å². The second kappa shape index (κ2) is 7.11. The number of amides is 1. The summed E-state index contributed by atoms with van der Waals surface area (Å²) in [5.74, 6) is 0.0423. The number of rotatable bonds is 4. The molecule has 0 aromatic heterocycles. The van der Waals surface area contributed by atoms with E-state index in [0.29, 0.717) is 5.69 Å². The molecule has 5 nitrogen and oxygen atoms in total. The Morgan fingerprint density at radius 1 is 1.24 bits per heavy atom. The van der Waals surface area contributed by atoms with E-state index in [-0.39, 0.29) is 17.6 Å². The number of para-hydroxylation sites is 2. The summed E-state index contributed by atoms with van der Waals surface area (Å²) in [6, 6.07) is 6.77. The lowest BCUT2D eigenvalue weighted by Gasteiger charge is -2.19. The Kier molecular flexibility index (Phi) is 5.76. The molecule has 1 rings (SSSR count). The van der Waals surface area contributed by atoms with Gasteiger partial charge in [0, 0.05) is 5.92 Å². The fourth-order valence-corrected chi connectivity index (χ4v) is 1.46. The van der Waals surface area contributed by atoms with Gasteiger partial charge in [-0.15, -0.1) is 0 Å². The van der Waals surface area contributed by atoms with Crippen LogP contribution >= 0.6 is 0 Å². The highest BCUT2D eigenvalue weighted by atomic mass is 16.7. The number of nitrogens with one attached hydrogen (secondary N) is 1. The van der Waals surface area contributed by atoms with Crippen LogP contribution in [0.15, 0.2) is 24.3 Å². The number of anilines is 1. The maximum Gasteiger partial charge on any atom is 0.514 e. The lowest BCUT2D eigenvalue weighted by Crippen LogP contribution is -2.26. The number of carbonyl (C=O) groups excluding carboxylic acids is 2. The molecule has 116 valence electrons. The van der Waals surface area contributed by atoms with Gasteiger partial charge in [0.25, 0.3) is 0 Å². The molecule has 0 bridgehead atoms. The number of hydrogen-bond acceptors (Lipinski definition) is 4. The highest BCUT2D eigenvalue weighted by Crippen LogP contribution is 2.25. The fourth-order valence-electron chi connectivity index (χ4n) is 1.46. The minimum atomic E-state index is -0.798. The average Bonchev–Trinajstić information content (AvgIpc) is 2.37. The van der Waals surface area contributed by atoms with Gasteiger partial charge in [-0.05, 0) is 39.3 Å². The molecule has 5 heteroatoms. The zero-order valence-corrected chi connectivity index (χ0v) is 13.2. The minimum absolute atomic E-state index is 0.111. The Bertz CT molecular complexity index is 505. The summed E-state index contributed by atoms with van der Waals surface area (Å²) in [6.07, 6.45) is -0.0614. The fraction of sp³-hybridized carbons (Fsp3) is 0.500. The van der Waals surface area contributed by atoms with Crippen LogP contribution in [0.5, 0.6) is 5.75 Å². The summed E-state index contributed by atoms with van der Waals surface area (Å²) in [7, 11) is 0. The molecular weight excluding hydrogens is 270 g/mol. The zero-order chi connectivity index (χ0) is 16.0. The molecule has 0 aliphatic heterocycles. The monoisotopic (exact) mass is 293 g/mol. The molecule has 0 aliphatic rings. The van der Waals surface area contributed by atoms with Crippen molar-refractivity contribution < 1.29 is 19.1 Å². The van der Waals surface area contributed by atoms with Gasteiger partial charge in [0.05, 0.1) is 5.69 Å². The van der Waals surface area contributed by atoms with Crippen LogP contribution in [0.25, 0.3) is 0 Å². The molecule has 0 radical (unpaired) electrons. The molecule has 0 saturated carbocycles. The smallest absolute Gasteiger partial charge is 0.428 e. The minimum Gasteiger partial charge on any atom is -0.428 e. The Hall–Kier alpha value is -2.04. The molecule has 1 aromatic carbocycles. The summed E-state index contributed by atoms with van der Waals surface area (Å²) in [5.41, 5.74) is -0.180. The molecule has 1 N–H and O–H groups in total. The first kappa shape index (κ1) is 17.0. The van der Waals surface area contributed by atoms with Crippen molar-refractivity contribution in [3.8, 4) is 5.75 Å². The molecule has 0 saturated heterocycles. The number of carbonyl (C=O) groups is 2. The topological polar surface area (TPSA) is 64.6 Å². The van der Waals surface area contributed by atoms with Gasteiger partial charge in [-0.25, -0.2) is 4.79 Å². The van der Waals surface area contributed by atoms with Gasteiger partial charge in [-0.1, -0.05) is 26.0 Å². The van der Waals surface area contributed by atoms with E-state index in [4.69, 9.17) is 9.47 Å². The first-order valence-corrected chi connectivity index (χ1v) is 7.03. The van der Waals surface area contributed by atoms with Gasteiger partial charge in [0.15, 0.2) is 5.75 Å². The van der Waals surface area contributed by atoms with Gasteiger partial charge in [-0.2, -0.15) is 0 Å². The van der Waals surface area contributed by atoms with Crippen LogP contribution in [0, 0.1) is 5.92 Å².